The van der Waals surface area contributed by atoms with Crippen LogP contribution in [-0.2, 0) is 9.47 Å². The highest BCUT2D eigenvalue weighted by atomic mass is 16.5. The van der Waals surface area contributed by atoms with Gasteiger partial charge in [0.25, 0.3) is 5.91 Å². The van der Waals surface area contributed by atoms with Gasteiger partial charge in [-0.3, -0.25) is 4.79 Å². The molecule has 0 aromatic heterocycles. The summed E-state index contributed by atoms with van der Waals surface area (Å²) in [5.74, 6) is 0.741. The third-order valence-electron chi connectivity index (χ3n) is 4.07. The molecule has 0 aliphatic carbocycles. The Hall–Kier alpha value is -1.63. The van der Waals surface area contributed by atoms with E-state index < -0.39 is 0 Å². The minimum absolute atomic E-state index is 0.0487. The molecule has 0 atom stereocenters. The van der Waals surface area contributed by atoms with Crippen molar-refractivity contribution in [1.82, 2.24) is 4.90 Å². The van der Waals surface area contributed by atoms with Crippen LogP contribution in [0, 0.1) is 0 Å². The highest BCUT2D eigenvalue weighted by Gasteiger charge is 2.24. The number of carbonyl (C=O) groups is 1. The van der Waals surface area contributed by atoms with Crippen LogP contribution in [0.1, 0.15) is 29.6 Å². The molecule has 0 spiro atoms. The standard InChI is InChI=1S/C18H28N2O4/c1-22-12-13-24-17-5-2-4-15(14-17)18(21)20-9-6-16(7-10-20)23-11-3-8-19/h2,4-5,14,16H,3,6-13,19H2,1H3. The SMILES string of the molecule is COCCOc1cccc(C(=O)N2CCC(OCCCN)CC2)c1. The first-order chi connectivity index (χ1) is 11.7. The fourth-order valence-electron chi connectivity index (χ4n) is 2.70. The van der Waals surface area contributed by atoms with E-state index in [0.717, 1.165) is 32.4 Å². The van der Waals surface area contributed by atoms with E-state index in [1.807, 2.05) is 23.1 Å². The maximum Gasteiger partial charge on any atom is 0.253 e. The molecular weight excluding hydrogens is 308 g/mol. The molecule has 1 saturated heterocycles. The predicted molar refractivity (Wildman–Crippen MR) is 92.4 cm³/mol. The Morgan fingerprint density at radius 2 is 2.04 bits per heavy atom. The van der Waals surface area contributed by atoms with E-state index in [2.05, 4.69) is 0 Å². The van der Waals surface area contributed by atoms with Crippen molar-refractivity contribution >= 4 is 5.91 Å². The fraction of sp³-hybridized carbons (Fsp3) is 0.611. The zero-order valence-electron chi connectivity index (χ0n) is 14.4. The van der Waals surface area contributed by atoms with E-state index in [0.29, 0.717) is 37.7 Å². The zero-order chi connectivity index (χ0) is 17.2. The van der Waals surface area contributed by atoms with E-state index in [9.17, 15) is 4.79 Å². The van der Waals surface area contributed by atoms with Gasteiger partial charge in [-0.05, 0) is 44.0 Å². The smallest absolute Gasteiger partial charge is 0.253 e. The van der Waals surface area contributed by atoms with Gasteiger partial charge in [-0.2, -0.15) is 0 Å². The van der Waals surface area contributed by atoms with Gasteiger partial charge in [-0.25, -0.2) is 0 Å². The first kappa shape index (κ1) is 18.7. The van der Waals surface area contributed by atoms with Crippen LogP contribution < -0.4 is 10.5 Å². The van der Waals surface area contributed by atoms with E-state index in [1.54, 1.807) is 13.2 Å². The Morgan fingerprint density at radius 3 is 2.75 bits per heavy atom. The molecule has 1 aromatic carbocycles. The van der Waals surface area contributed by atoms with Crippen molar-refractivity contribution in [3.63, 3.8) is 0 Å². The third kappa shape index (κ3) is 5.78. The van der Waals surface area contributed by atoms with Gasteiger partial charge in [0.2, 0.25) is 0 Å². The topological polar surface area (TPSA) is 74.0 Å². The number of methoxy groups -OCH3 is 1. The molecule has 1 aliphatic heterocycles. The lowest BCUT2D eigenvalue weighted by Crippen LogP contribution is -2.41. The molecule has 2 N–H and O–H groups in total. The average molecular weight is 336 g/mol. The summed E-state index contributed by atoms with van der Waals surface area (Å²) in [5, 5.41) is 0. The number of rotatable bonds is 9. The van der Waals surface area contributed by atoms with Crippen LogP contribution in [-0.4, -0.2) is 63.5 Å². The number of nitrogens with zero attached hydrogens (tertiary/aromatic N) is 1. The predicted octanol–water partition coefficient (Wildman–Crippen LogP) is 1.68. The van der Waals surface area contributed by atoms with Gasteiger partial charge in [-0.1, -0.05) is 6.07 Å². The fourth-order valence-corrected chi connectivity index (χ4v) is 2.70. The molecule has 2 rings (SSSR count). The second-order valence-corrected chi connectivity index (χ2v) is 5.87. The Morgan fingerprint density at radius 1 is 1.25 bits per heavy atom. The lowest BCUT2D eigenvalue weighted by molar-refractivity contribution is 0.00843. The van der Waals surface area contributed by atoms with Crippen molar-refractivity contribution in [1.29, 1.82) is 0 Å². The van der Waals surface area contributed by atoms with Gasteiger partial charge < -0.3 is 24.8 Å². The number of hydrogen-bond acceptors (Lipinski definition) is 5. The number of hydrogen-bond donors (Lipinski definition) is 1. The summed E-state index contributed by atoms with van der Waals surface area (Å²) in [4.78, 5) is 14.5. The molecular formula is C18H28N2O4. The quantitative estimate of drug-likeness (QED) is 0.695. The minimum atomic E-state index is 0.0487. The third-order valence-corrected chi connectivity index (χ3v) is 4.07. The molecule has 0 radical (unpaired) electrons. The number of piperidine rings is 1. The molecule has 1 aliphatic rings. The Kier molecular flexibility index (Phi) is 8.01. The maximum absolute atomic E-state index is 12.6. The molecule has 1 aromatic rings. The first-order valence-electron chi connectivity index (χ1n) is 8.57. The maximum atomic E-state index is 12.6. The summed E-state index contributed by atoms with van der Waals surface area (Å²) in [5.41, 5.74) is 6.13. The summed E-state index contributed by atoms with van der Waals surface area (Å²) < 4.78 is 16.3. The minimum Gasteiger partial charge on any atom is -0.491 e. The second kappa shape index (κ2) is 10.3. The van der Waals surface area contributed by atoms with Crippen molar-refractivity contribution in [3.05, 3.63) is 29.8 Å². The summed E-state index contributed by atoms with van der Waals surface area (Å²) in [7, 11) is 1.63. The molecule has 1 fully saturated rings. The monoisotopic (exact) mass is 336 g/mol. The van der Waals surface area contributed by atoms with Crippen LogP contribution in [0.25, 0.3) is 0 Å². The number of benzene rings is 1. The molecule has 1 amide bonds. The van der Waals surface area contributed by atoms with E-state index in [-0.39, 0.29) is 12.0 Å². The number of ether oxygens (including phenoxy) is 3. The van der Waals surface area contributed by atoms with Gasteiger partial charge in [0.1, 0.15) is 12.4 Å². The van der Waals surface area contributed by atoms with Gasteiger partial charge >= 0.3 is 0 Å². The summed E-state index contributed by atoms with van der Waals surface area (Å²) in [6, 6.07) is 7.32. The number of nitrogens with two attached hydrogens (primary N) is 1. The van der Waals surface area contributed by atoms with Gasteiger partial charge in [0.15, 0.2) is 0 Å². The molecule has 6 nitrogen and oxygen atoms in total. The number of amides is 1. The van der Waals surface area contributed by atoms with Crippen LogP contribution in [0.4, 0.5) is 0 Å². The lowest BCUT2D eigenvalue weighted by Gasteiger charge is -2.32. The zero-order valence-corrected chi connectivity index (χ0v) is 14.4. The van der Waals surface area contributed by atoms with E-state index in [1.165, 1.54) is 0 Å². The van der Waals surface area contributed by atoms with Crippen molar-refractivity contribution in [3.8, 4) is 5.75 Å². The molecule has 0 unspecified atom stereocenters. The average Bonchev–Trinajstić information content (AvgIpc) is 2.62. The van der Waals surface area contributed by atoms with Crippen LogP contribution >= 0.6 is 0 Å². The van der Waals surface area contributed by atoms with Gasteiger partial charge in [0.05, 0.1) is 12.7 Å². The van der Waals surface area contributed by atoms with Crippen molar-refractivity contribution in [2.24, 2.45) is 5.73 Å². The molecule has 134 valence electrons. The van der Waals surface area contributed by atoms with Crippen LogP contribution in [0.3, 0.4) is 0 Å². The first-order valence-corrected chi connectivity index (χ1v) is 8.57. The summed E-state index contributed by atoms with van der Waals surface area (Å²) >= 11 is 0. The molecule has 0 saturated carbocycles. The largest absolute Gasteiger partial charge is 0.491 e. The Bertz CT molecular complexity index is 502. The molecule has 1 heterocycles. The molecule has 24 heavy (non-hydrogen) atoms. The second-order valence-electron chi connectivity index (χ2n) is 5.87. The van der Waals surface area contributed by atoms with E-state index >= 15 is 0 Å². The summed E-state index contributed by atoms with van der Waals surface area (Å²) in [6.45, 7) is 3.80. The highest BCUT2D eigenvalue weighted by molar-refractivity contribution is 5.94. The Balaban J connectivity index is 1.83. The Labute approximate surface area is 143 Å². The number of likely N-dealkylation sites (tertiary alicyclic amines) is 1. The van der Waals surface area contributed by atoms with Gasteiger partial charge in [0, 0.05) is 32.4 Å². The summed E-state index contributed by atoms with van der Waals surface area (Å²) in [6.07, 6.45) is 2.87. The van der Waals surface area contributed by atoms with Gasteiger partial charge in [-0.15, -0.1) is 0 Å². The van der Waals surface area contributed by atoms with Crippen molar-refractivity contribution in [2.45, 2.75) is 25.4 Å². The molecule has 6 heteroatoms. The number of carbonyl (C=O) groups excluding carboxylic acids is 1. The normalized spacial score (nSPS) is 15.5. The highest BCUT2D eigenvalue weighted by Crippen LogP contribution is 2.19. The van der Waals surface area contributed by atoms with Crippen molar-refractivity contribution in [2.75, 3.05) is 46.6 Å². The van der Waals surface area contributed by atoms with Crippen molar-refractivity contribution < 1.29 is 19.0 Å². The lowest BCUT2D eigenvalue weighted by atomic mass is 10.1. The molecule has 0 bridgehead atoms. The van der Waals surface area contributed by atoms with E-state index in [4.69, 9.17) is 19.9 Å². The van der Waals surface area contributed by atoms with Crippen LogP contribution in [0.5, 0.6) is 5.75 Å². The van der Waals surface area contributed by atoms with Crippen LogP contribution in [0.2, 0.25) is 0 Å². The van der Waals surface area contributed by atoms with Crippen LogP contribution in [0.15, 0.2) is 24.3 Å².